The molecule has 0 radical (unpaired) electrons. The van der Waals surface area contributed by atoms with Gasteiger partial charge in [0.2, 0.25) is 11.8 Å². The van der Waals surface area contributed by atoms with Gasteiger partial charge in [-0.05, 0) is 54.2 Å². The van der Waals surface area contributed by atoms with E-state index in [2.05, 4.69) is 36.2 Å². The second-order valence-corrected chi connectivity index (χ2v) is 7.43. The predicted octanol–water partition coefficient (Wildman–Crippen LogP) is 4.16. The molecule has 146 valence electrons. The fraction of sp³-hybridized carbons (Fsp3) is 0.304. The van der Waals surface area contributed by atoms with Crippen LogP contribution in [0.4, 0.5) is 11.4 Å². The number of carbonyl (C=O) groups excluding carboxylic acids is 2. The summed E-state index contributed by atoms with van der Waals surface area (Å²) in [6.45, 7) is 6.18. The van der Waals surface area contributed by atoms with Crippen molar-refractivity contribution < 1.29 is 9.59 Å². The Morgan fingerprint density at radius 1 is 1.07 bits per heavy atom. The van der Waals surface area contributed by atoms with E-state index in [0.717, 1.165) is 37.2 Å². The molecule has 1 fully saturated rings. The third kappa shape index (κ3) is 4.80. The number of carbonyl (C=O) groups is 2. The van der Waals surface area contributed by atoms with Gasteiger partial charge in [0.1, 0.15) is 0 Å². The third-order valence-electron chi connectivity index (χ3n) is 5.02. The molecule has 0 spiro atoms. The number of hydrogen-bond acceptors (Lipinski definition) is 3. The van der Waals surface area contributed by atoms with Gasteiger partial charge in [-0.1, -0.05) is 38.1 Å². The summed E-state index contributed by atoms with van der Waals surface area (Å²) in [5.74, 6) is -0.276. The molecule has 0 unspecified atom stereocenters. The van der Waals surface area contributed by atoms with Crippen LogP contribution in [-0.2, 0) is 4.79 Å². The molecule has 5 nitrogen and oxygen atoms in total. The van der Waals surface area contributed by atoms with Crippen molar-refractivity contribution in [1.29, 1.82) is 0 Å². The first kappa shape index (κ1) is 19.7. The summed E-state index contributed by atoms with van der Waals surface area (Å²) >= 11 is 0. The molecule has 3 rings (SSSR count). The first-order chi connectivity index (χ1) is 13.4. The molecular formula is C23H27N3O2. The van der Waals surface area contributed by atoms with Gasteiger partial charge in [-0.15, -0.1) is 0 Å². The van der Waals surface area contributed by atoms with Crippen LogP contribution >= 0.6 is 0 Å². The van der Waals surface area contributed by atoms with Gasteiger partial charge in [0.15, 0.2) is 0 Å². The van der Waals surface area contributed by atoms with E-state index in [1.165, 1.54) is 11.6 Å². The van der Waals surface area contributed by atoms with Crippen LogP contribution in [0.1, 0.15) is 54.1 Å². The zero-order valence-corrected chi connectivity index (χ0v) is 16.4. The summed E-state index contributed by atoms with van der Waals surface area (Å²) < 4.78 is 0. The van der Waals surface area contributed by atoms with Crippen LogP contribution in [-0.4, -0.2) is 24.9 Å². The van der Waals surface area contributed by atoms with Gasteiger partial charge in [-0.3, -0.25) is 9.59 Å². The minimum Gasteiger partial charge on any atom is -0.370 e. The normalized spacial score (nSPS) is 14.0. The lowest BCUT2D eigenvalue weighted by molar-refractivity contribution is -0.111. The van der Waals surface area contributed by atoms with Crippen LogP contribution in [0.25, 0.3) is 6.08 Å². The molecule has 2 aromatic rings. The monoisotopic (exact) mass is 377 g/mol. The highest BCUT2D eigenvalue weighted by Crippen LogP contribution is 2.30. The van der Waals surface area contributed by atoms with Crippen LogP contribution in [0.3, 0.4) is 0 Å². The van der Waals surface area contributed by atoms with E-state index in [0.29, 0.717) is 17.2 Å². The summed E-state index contributed by atoms with van der Waals surface area (Å²) in [7, 11) is 0. The minimum atomic E-state index is -0.510. The Balaban J connectivity index is 1.76. The molecule has 0 aromatic heterocycles. The highest BCUT2D eigenvalue weighted by Gasteiger charge is 2.18. The standard InChI is InChI=1S/C23H27N3O2/c1-16(2)18-8-5-17(6-9-18)7-12-22(27)25-20-15-19(23(24)28)10-11-21(20)26-13-3-4-14-26/h5-12,15-16H,3-4,13-14H2,1-2H3,(H2,24,28)(H,25,27)/b12-7+. The van der Waals surface area contributed by atoms with Crippen molar-refractivity contribution in [3.05, 3.63) is 65.2 Å². The summed E-state index contributed by atoms with van der Waals surface area (Å²) in [6.07, 6.45) is 5.54. The first-order valence-electron chi connectivity index (χ1n) is 9.72. The highest BCUT2D eigenvalue weighted by atomic mass is 16.1. The fourth-order valence-electron chi connectivity index (χ4n) is 3.36. The summed E-state index contributed by atoms with van der Waals surface area (Å²) in [5.41, 5.74) is 9.55. The Hall–Kier alpha value is -3.08. The Morgan fingerprint density at radius 3 is 2.36 bits per heavy atom. The van der Waals surface area contributed by atoms with E-state index in [1.807, 2.05) is 18.2 Å². The molecule has 1 heterocycles. The molecule has 0 aliphatic carbocycles. The van der Waals surface area contributed by atoms with Gasteiger partial charge >= 0.3 is 0 Å². The number of amides is 2. The lowest BCUT2D eigenvalue weighted by Crippen LogP contribution is -2.21. The van der Waals surface area contributed by atoms with Crippen molar-refractivity contribution in [1.82, 2.24) is 0 Å². The van der Waals surface area contributed by atoms with Crippen molar-refractivity contribution in [3.63, 3.8) is 0 Å². The van der Waals surface area contributed by atoms with Crippen molar-refractivity contribution in [2.45, 2.75) is 32.6 Å². The maximum Gasteiger partial charge on any atom is 0.248 e. The van der Waals surface area contributed by atoms with E-state index in [-0.39, 0.29) is 5.91 Å². The molecule has 28 heavy (non-hydrogen) atoms. The smallest absolute Gasteiger partial charge is 0.248 e. The molecule has 0 atom stereocenters. The van der Waals surface area contributed by atoms with Crippen molar-refractivity contribution >= 4 is 29.3 Å². The molecular weight excluding hydrogens is 350 g/mol. The van der Waals surface area contributed by atoms with Gasteiger partial charge in [0.25, 0.3) is 0 Å². The predicted molar refractivity (Wildman–Crippen MR) is 115 cm³/mol. The largest absolute Gasteiger partial charge is 0.370 e. The highest BCUT2D eigenvalue weighted by molar-refractivity contribution is 6.05. The van der Waals surface area contributed by atoms with Gasteiger partial charge in [-0.25, -0.2) is 0 Å². The molecule has 0 bridgehead atoms. The second kappa shape index (κ2) is 8.74. The first-order valence-corrected chi connectivity index (χ1v) is 9.72. The molecule has 2 amide bonds. The van der Waals surface area contributed by atoms with Gasteiger partial charge in [-0.2, -0.15) is 0 Å². The lowest BCUT2D eigenvalue weighted by Gasteiger charge is -2.21. The molecule has 5 heteroatoms. The Labute approximate surface area is 166 Å². The number of rotatable bonds is 6. The van der Waals surface area contributed by atoms with Crippen LogP contribution in [0.5, 0.6) is 0 Å². The quantitative estimate of drug-likeness (QED) is 0.742. The van der Waals surface area contributed by atoms with E-state index in [9.17, 15) is 9.59 Å². The van der Waals surface area contributed by atoms with Gasteiger partial charge in [0.05, 0.1) is 11.4 Å². The third-order valence-corrected chi connectivity index (χ3v) is 5.02. The number of primary amides is 1. The molecule has 3 N–H and O–H groups in total. The summed E-state index contributed by atoms with van der Waals surface area (Å²) in [4.78, 5) is 26.2. The number of nitrogens with two attached hydrogens (primary N) is 1. The Kier molecular flexibility index (Phi) is 6.14. The average molecular weight is 377 g/mol. The maximum atomic E-state index is 12.5. The Morgan fingerprint density at radius 2 is 1.75 bits per heavy atom. The number of hydrogen-bond donors (Lipinski definition) is 2. The van der Waals surface area contributed by atoms with Crippen molar-refractivity contribution in [3.8, 4) is 0 Å². The van der Waals surface area contributed by atoms with E-state index < -0.39 is 5.91 Å². The molecule has 1 saturated heterocycles. The topological polar surface area (TPSA) is 75.4 Å². The molecule has 2 aromatic carbocycles. The second-order valence-electron chi connectivity index (χ2n) is 7.43. The zero-order valence-electron chi connectivity index (χ0n) is 16.4. The van der Waals surface area contributed by atoms with Crippen LogP contribution in [0.15, 0.2) is 48.5 Å². The average Bonchev–Trinajstić information content (AvgIpc) is 3.21. The van der Waals surface area contributed by atoms with E-state index in [1.54, 1.807) is 18.2 Å². The molecule has 1 aliphatic rings. The van der Waals surface area contributed by atoms with Crippen LogP contribution < -0.4 is 16.0 Å². The maximum absolute atomic E-state index is 12.5. The minimum absolute atomic E-state index is 0.241. The van der Waals surface area contributed by atoms with Gasteiger partial charge < -0.3 is 16.0 Å². The molecule has 1 aliphatic heterocycles. The molecule has 0 saturated carbocycles. The van der Waals surface area contributed by atoms with E-state index >= 15 is 0 Å². The number of nitrogens with zero attached hydrogens (tertiary/aromatic N) is 1. The van der Waals surface area contributed by atoms with Crippen LogP contribution in [0.2, 0.25) is 0 Å². The SMILES string of the molecule is CC(C)c1ccc(/C=C/C(=O)Nc2cc(C(N)=O)ccc2N2CCCC2)cc1. The number of nitrogens with one attached hydrogen (secondary N) is 1. The fourth-order valence-corrected chi connectivity index (χ4v) is 3.36. The van der Waals surface area contributed by atoms with Crippen molar-refractivity contribution in [2.24, 2.45) is 5.73 Å². The summed E-state index contributed by atoms with van der Waals surface area (Å²) in [5, 5.41) is 2.91. The van der Waals surface area contributed by atoms with Gasteiger partial charge in [0, 0.05) is 24.7 Å². The summed E-state index contributed by atoms with van der Waals surface area (Å²) in [6, 6.07) is 13.4. The van der Waals surface area contributed by atoms with Crippen molar-refractivity contribution in [2.75, 3.05) is 23.3 Å². The number of anilines is 2. The van der Waals surface area contributed by atoms with E-state index in [4.69, 9.17) is 5.73 Å². The number of benzene rings is 2. The Bertz CT molecular complexity index is 879. The van der Waals surface area contributed by atoms with Crippen LogP contribution in [0, 0.1) is 0 Å². The zero-order chi connectivity index (χ0) is 20.1. The lowest BCUT2D eigenvalue weighted by atomic mass is 10.0.